The number of aryl methyl sites for hydroxylation is 1. The Kier molecular flexibility index (Phi) is 7.89. The molecule has 0 atom stereocenters. The monoisotopic (exact) mass is 446 g/mol. The van der Waals surface area contributed by atoms with Crippen LogP contribution in [0, 0.1) is 0 Å². The highest BCUT2D eigenvalue weighted by Crippen LogP contribution is 2.26. The summed E-state index contributed by atoms with van der Waals surface area (Å²) in [6.45, 7) is 0.732. The first-order chi connectivity index (χ1) is 14.5. The van der Waals surface area contributed by atoms with Crippen LogP contribution in [0.25, 0.3) is 11.4 Å². The van der Waals surface area contributed by atoms with E-state index < -0.39 is 10.0 Å². The summed E-state index contributed by atoms with van der Waals surface area (Å²) >= 11 is 1.53. The minimum Gasteiger partial charge on any atom is -0.497 e. The molecular formula is C21H26N4O3S2. The van der Waals surface area contributed by atoms with Gasteiger partial charge in [0.15, 0.2) is 11.0 Å². The highest BCUT2D eigenvalue weighted by atomic mass is 32.2. The highest BCUT2D eigenvalue weighted by molar-refractivity contribution is 7.99. The first-order valence-electron chi connectivity index (χ1n) is 9.68. The van der Waals surface area contributed by atoms with Gasteiger partial charge in [0.1, 0.15) is 5.75 Å². The van der Waals surface area contributed by atoms with Crippen molar-refractivity contribution in [2.24, 2.45) is 0 Å². The van der Waals surface area contributed by atoms with Crippen molar-refractivity contribution < 1.29 is 13.2 Å². The van der Waals surface area contributed by atoms with Crippen LogP contribution in [0.1, 0.15) is 12.0 Å². The number of hydrogen-bond acceptors (Lipinski definition) is 6. The van der Waals surface area contributed by atoms with Crippen molar-refractivity contribution in [2.75, 3.05) is 25.7 Å². The Hall–Kier alpha value is -2.36. The van der Waals surface area contributed by atoms with Gasteiger partial charge in [0, 0.05) is 17.9 Å². The molecule has 160 valence electrons. The molecule has 0 aliphatic rings. The zero-order valence-electron chi connectivity index (χ0n) is 17.1. The van der Waals surface area contributed by atoms with Crippen molar-refractivity contribution in [1.82, 2.24) is 19.5 Å². The minimum atomic E-state index is -3.19. The van der Waals surface area contributed by atoms with E-state index in [0.717, 1.165) is 35.3 Å². The Morgan fingerprint density at radius 1 is 1.07 bits per heavy atom. The molecule has 0 spiro atoms. The number of nitrogens with one attached hydrogen (secondary N) is 1. The molecule has 1 aromatic heterocycles. The lowest BCUT2D eigenvalue weighted by Crippen LogP contribution is -2.22. The molecule has 1 heterocycles. The average molecular weight is 447 g/mol. The molecule has 2 aromatic carbocycles. The molecule has 3 rings (SSSR count). The number of sulfonamides is 1. The van der Waals surface area contributed by atoms with Gasteiger partial charge in [-0.15, -0.1) is 10.2 Å². The molecule has 0 unspecified atom stereocenters. The smallest absolute Gasteiger partial charge is 0.211 e. The number of ether oxygens (including phenoxy) is 1. The molecule has 7 nitrogen and oxygen atoms in total. The van der Waals surface area contributed by atoms with Gasteiger partial charge in [-0.3, -0.25) is 0 Å². The van der Waals surface area contributed by atoms with Gasteiger partial charge in [-0.2, -0.15) is 0 Å². The second-order valence-corrected chi connectivity index (χ2v) is 9.75. The number of thioether (sulfide) groups is 1. The summed E-state index contributed by atoms with van der Waals surface area (Å²) in [7, 11) is -0.119. The highest BCUT2D eigenvalue weighted by Gasteiger charge is 2.15. The molecule has 0 aliphatic heterocycles. The van der Waals surface area contributed by atoms with E-state index in [-0.39, 0.29) is 5.75 Å². The van der Waals surface area contributed by atoms with Crippen molar-refractivity contribution in [2.45, 2.75) is 24.5 Å². The number of nitrogens with zero attached hydrogens (tertiary/aromatic N) is 3. The zero-order chi connectivity index (χ0) is 21.4. The molecule has 30 heavy (non-hydrogen) atoms. The van der Waals surface area contributed by atoms with Gasteiger partial charge in [-0.05, 0) is 49.7 Å². The lowest BCUT2D eigenvalue weighted by molar-refractivity contribution is 0.415. The fourth-order valence-electron chi connectivity index (χ4n) is 2.95. The molecule has 3 aromatic rings. The van der Waals surface area contributed by atoms with Crippen LogP contribution in [0.5, 0.6) is 5.75 Å². The Labute approximate surface area is 181 Å². The number of methoxy groups -OCH3 is 1. The third kappa shape index (κ3) is 6.07. The van der Waals surface area contributed by atoms with Crippen molar-refractivity contribution >= 4 is 21.8 Å². The number of rotatable bonds is 11. The summed E-state index contributed by atoms with van der Waals surface area (Å²) in [4.78, 5) is 0. The molecule has 0 fully saturated rings. The van der Waals surface area contributed by atoms with E-state index in [1.54, 1.807) is 7.11 Å². The molecule has 1 N–H and O–H groups in total. The number of benzene rings is 2. The van der Waals surface area contributed by atoms with Gasteiger partial charge in [0.25, 0.3) is 0 Å². The average Bonchev–Trinajstić information content (AvgIpc) is 3.18. The second-order valence-electron chi connectivity index (χ2n) is 6.65. The largest absolute Gasteiger partial charge is 0.497 e. The molecule has 9 heteroatoms. The van der Waals surface area contributed by atoms with Gasteiger partial charge < -0.3 is 9.30 Å². The molecule has 0 aliphatic carbocycles. The van der Waals surface area contributed by atoms with Gasteiger partial charge in [0.05, 0.1) is 12.9 Å². The predicted octanol–water partition coefficient (Wildman–Crippen LogP) is 3.23. The van der Waals surface area contributed by atoms with Crippen molar-refractivity contribution in [3.05, 3.63) is 60.2 Å². The molecular weight excluding hydrogens is 420 g/mol. The van der Waals surface area contributed by atoms with Crippen molar-refractivity contribution in [3.63, 3.8) is 0 Å². The summed E-state index contributed by atoms with van der Waals surface area (Å²) in [5, 5.41) is 9.59. The van der Waals surface area contributed by atoms with E-state index in [4.69, 9.17) is 4.74 Å². The van der Waals surface area contributed by atoms with Crippen LogP contribution in [-0.2, 0) is 23.0 Å². The van der Waals surface area contributed by atoms with E-state index in [9.17, 15) is 8.42 Å². The van der Waals surface area contributed by atoms with E-state index in [2.05, 4.69) is 31.6 Å². The molecule has 0 saturated heterocycles. The Balaban J connectivity index is 1.77. The van der Waals surface area contributed by atoms with Gasteiger partial charge in [0.2, 0.25) is 10.0 Å². The third-order valence-corrected chi connectivity index (χ3v) is 7.13. The van der Waals surface area contributed by atoms with Crippen LogP contribution in [0.15, 0.2) is 59.8 Å². The van der Waals surface area contributed by atoms with Crippen LogP contribution in [0.4, 0.5) is 0 Å². The van der Waals surface area contributed by atoms with E-state index >= 15 is 0 Å². The van der Waals surface area contributed by atoms with Crippen molar-refractivity contribution in [1.29, 1.82) is 0 Å². The topological polar surface area (TPSA) is 86.1 Å². The first-order valence-corrected chi connectivity index (χ1v) is 12.3. The van der Waals surface area contributed by atoms with Crippen LogP contribution in [-0.4, -0.2) is 48.8 Å². The van der Waals surface area contributed by atoms with E-state index in [1.165, 1.54) is 24.4 Å². The summed E-state index contributed by atoms with van der Waals surface area (Å²) in [5.41, 5.74) is 2.20. The van der Waals surface area contributed by atoms with Gasteiger partial charge in [-0.25, -0.2) is 13.1 Å². The van der Waals surface area contributed by atoms with Crippen LogP contribution < -0.4 is 9.46 Å². The number of hydrogen-bond donors (Lipinski definition) is 1. The molecule has 0 saturated carbocycles. The fourth-order valence-corrected chi connectivity index (χ4v) is 4.77. The first kappa shape index (κ1) is 22.3. The summed E-state index contributed by atoms with van der Waals surface area (Å²) in [6, 6.07) is 18.0. The van der Waals surface area contributed by atoms with Gasteiger partial charge in [-0.1, -0.05) is 42.1 Å². The molecule has 0 amide bonds. The second kappa shape index (κ2) is 10.6. The predicted molar refractivity (Wildman–Crippen MR) is 120 cm³/mol. The van der Waals surface area contributed by atoms with Crippen LogP contribution >= 0.6 is 11.8 Å². The van der Waals surface area contributed by atoms with Crippen LogP contribution in [0.3, 0.4) is 0 Å². The van der Waals surface area contributed by atoms with E-state index in [0.29, 0.717) is 12.2 Å². The zero-order valence-corrected chi connectivity index (χ0v) is 18.7. The lowest BCUT2D eigenvalue weighted by atomic mass is 10.1. The third-order valence-electron chi connectivity index (χ3n) is 4.63. The SMILES string of the molecule is CNS(=O)(=O)CCCSc1nnc(-c2ccc(OC)cc2)n1CCc1ccccc1. The summed E-state index contributed by atoms with van der Waals surface area (Å²) < 4.78 is 32.9. The maximum atomic E-state index is 11.6. The van der Waals surface area contributed by atoms with Gasteiger partial charge >= 0.3 is 0 Å². The summed E-state index contributed by atoms with van der Waals surface area (Å²) in [5.74, 6) is 2.32. The summed E-state index contributed by atoms with van der Waals surface area (Å²) in [6.07, 6.45) is 1.39. The maximum absolute atomic E-state index is 11.6. The molecule has 0 radical (unpaired) electrons. The Bertz CT molecular complexity index is 1040. The Morgan fingerprint density at radius 3 is 2.47 bits per heavy atom. The number of aromatic nitrogens is 3. The van der Waals surface area contributed by atoms with Crippen LogP contribution in [0.2, 0.25) is 0 Å². The fraction of sp³-hybridized carbons (Fsp3) is 0.333. The van der Waals surface area contributed by atoms with Crippen molar-refractivity contribution in [3.8, 4) is 17.1 Å². The molecule has 0 bridgehead atoms. The Morgan fingerprint density at radius 2 is 1.80 bits per heavy atom. The standard InChI is InChI=1S/C21H26N4O3S2/c1-22-30(26,27)16-6-15-29-21-24-23-20(18-9-11-19(28-2)12-10-18)25(21)14-13-17-7-4-3-5-8-17/h3-5,7-12,22H,6,13-16H2,1-2H3. The van der Waals surface area contributed by atoms with E-state index in [1.807, 2.05) is 42.5 Å². The lowest BCUT2D eigenvalue weighted by Gasteiger charge is -2.11. The quantitative estimate of drug-likeness (QED) is 0.360. The normalized spacial score (nSPS) is 11.5. The minimum absolute atomic E-state index is 0.0972. The maximum Gasteiger partial charge on any atom is 0.211 e.